The molecule has 2 aromatic rings. The molecule has 2 heterocycles. The van der Waals surface area contributed by atoms with Gasteiger partial charge in [0.15, 0.2) is 0 Å². The van der Waals surface area contributed by atoms with Crippen molar-refractivity contribution >= 4 is 11.7 Å². The number of H-pyrrole nitrogens is 1. The average Bonchev–Trinajstić information content (AvgIpc) is 3.12. The summed E-state index contributed by atoms with van der Waals surface area (Å²) in [5, 5.41) is 43.8. The monoisotopic (exact) mass is 339 g/mol. The Hall–Kier alpha value is -2.99. The maximum Gasteiger partial charge on any atom is 0.358 e. The maximum absolute atomic E-state index is 11.8. The van der Waals surface area contributed by atoms with Gasteiger partial charge in [-0.05, 0) is 6.92 Å². The first kappa shape index (κ1) is 17.4. The molecule has 0 saturated carbocycles. The number of carbonyl (C=O) groups is 1. The number of nitrogens with zero attached hydrogens (tertiary/aromatic N) is 5. The lowest BCUT2D eigenvalue weighted by Gasteiger charge is -2.23. The third kappa shape index (κ3) is 4.05. The second-order valence-electron chi connectivity index (χ2n) is 4.92. The average molecular weight is 339 g/mol. The Balaban J connectivity index is 1.83. The fraction of sp³-hybridized carbons (Fsp3) is 0.417. The van der Waals surface area contributed by atoms with Crippen LogP contribution in [0, 0.1) is 22.5 Å². The van der Waals surface area contributed by atoms with Crippen LogP contribution in [0.15, 0.2) is 18.6 Å². The second-order valence-corrected chi connectivity index (χ2v) is 4.92. The molecule has 24 heavy (non-hydrogen) atoms. The zero-order valence-corrected chi connectivity index (χ0v) is 12.9. The summed E-state index contributed by atoms with van der Waals surface area (Å²) >= 11 is 0. The number of imidazole rings is 2. The highest BCUT2D eigenvalue weighted by Crippen LogP contribution is 2.13. The third-order valence-corrected chi connectivity index (χ3v) is 3.38. The van der Waals surface area contributed by atoms with Crippen molar-refractivity contribution in [2.45, 2.75) is 26.4 Å². The summed E-state index contributed by atoms with van der Waals surface area (Å²) in [7, 11) is 0. The summed E-state index contributed by atoms with van der Waals surface area (Å²) in [6, 6.07) is 0. The standard InChI is InChI=1S/C12H17N7O5/c1-9-15-8-11(18(21)22)17(9)7-4-13-10(20)2-5-16-6-3-14-12(16)19(23)24/h3,6,8,14,21H,2,4-5,7H2,1H3,(H-,13,20,23,24)/q-2. The molecule has 0 atom stereocenters. The first-order chi connectivity index (χ1) is 11.4. The zero-order valence-electron chi connectivity index (χ0n) is 12.9. The molecule has 12 heteroatoms. The van der Waals surface area contributed by atoms with Gasteiger partial charge in [-0.25, -0.2) is 14.5 Å². The van der Waals surface area contributed by atoms with Crippen molar-refractivity contribution < 1.29 is 10.0 Å². The number of aromatic nitrogens is 4. The normalized spacial score (nSPS) is 10.6. The lowest BCUT2D eigenvalue weighted by atomic mass is 10.4. The van der Waals surface area contributed by atoms with Crippen LogP contribution in [0.1, 0.15) is 12.2 Å². The zero-order chi connectivity index (χ0) is 17.7. The molecule has 1 amide bonds. The van der Waals surface area contributed by atoms with Gasteiger partial charge in [0.25, 0.3) is 0 Å². The Morgan fingerprint density at radius 1 is 1.50 bits per heavy atom. The van der Waals surface area contributed by atoms with Gasteiger partial charge >= 0.3 is 5.62 Å². The highest BCUT2D eigenvalue weighted by atomic mass is 16.8. The van der Waals surface area contributed by atoms with Crippen molar-refractivity contribution in [3.63, 3.8) is 0 Å². The lowest BCUT2D eigenvalue weighted by Crippen LogP contribution is -2.33. The van der Waals surface area contributed by atoms with Gasteiger partial charge in [-0.1, -0.05) is 0 Å². The van der Waals surface area contributed by atoms with E-state index in [0.717, 1.165) is 0 Å². The summed E-state index contributed by atoms with van der Waals surface area (Å²) in [5.74, 6) is 0.202. The molecule has 0 aliphatic carbocycles. The van der Waals surface area contributed by atoms with Crippen molar-refractivity contribution in [3.05, 3.63) is 45.7 Å². The smallest absolute Gasteiger partial charge is 0.358 e. The van der Waals surface area contributed by atoms with E-state index in [4.69, 9.17) is 5.21 Å². The molecule has 0 fully saturated rings. The summed E-state index contributed by atoms with van der Waals surface area (Å²) < 4.78 is 2.79. The first-order valence-electron chi connectivity index (χ1n) is 7.06. The van der Waals surface area contributed by atoms with Crippen LogP contribution in [-0.4, -0.2) is 36.8 Å². The van der Waals surface area contributed by atoms with Gasteiger partial charge in [0, 0.05) is 13.1 Å². The second kappa shape index (κ2) is 7.52. The third-order valence-electron chi connectivity index (χ3n) is 3.38. The Labute approximate surface area is 136 Å². The van der Waals surface area contributed by atoms with E-state index in [1.54, 1.807) is 6.92 Å². The van der Waals surface area contributed by atoms with Crippen molar-refractivity contribution in [1.82, 2.24) is 29.3 Å². The molecule has 0 radical (unpaired) electrons. The van der Waals surface area contributed by atoms with Crippen LogP contribution in [-0.2, 0) is 17.9 Å². The summed E-state index contributed by atoms with van der Waals surface area (Å²) in [4.78, 5) is 17.6. The van der Waals surface area contributed by atoms with Gasteiger partial charge in [0.2, 0.25) is 5.91 Å². The minimum Gasteiger partial charge on any atom is -0.744 e. The Morgan fingerprint density at radius 2 is 2.25 bits per heavy atom. The molecule has 0 bridgehead atoms. The van der Waals surface area contributed by atoms with Crippen LogP contribution in [0.2, 0.25) is 0 Å². The van der Waals surface area contributed by atoms with Crippen LogP contribution < -0.4 is 21.1 Å². The van der Waals surface area contributed by atoms with E-state index >= 15 is 0 Å². The van der Waals surface area contributed by atoms with E-state index in [9.17, 15) is 20.4 Å². The minimum absolute atomic E-state index is 0.0275. The molecule has 0 aromatic carbocycles. The van der Waals surface area contributed by atoms with Crippen molar-refractivity contribution in [1.29, 1.82) is 0 Å². The van der Waals surface area contributed by atoms with Gasteiger partial charge in [-0.15, -0.1) is 0 Å². The van der Waals surface area contributed by atoms with Gasteiger partial charge in [0.1, 0.15) is 11.6 Å². The number of hydrogen-bond acceptors (Lipinski definition) is 7. The molecule has 12 nitrogen and oxygen atoms in total. The molecule has 0 aliphatic rings. The molecule has 0 aliphatic heterocycles. The number of anilines is 1. The van der Waals surface area contributed by atoms with Crippen molar-refractivity contribution in [2.24, 2.45) is 0 Å². The van der Waals surface area contributed by atoms with E-state index in [0.29, 0.717) is 5.82 Å². The largest absolute Gasteiger partial charge is 0.744 e. The SMILES string of the molecule is Cc1ncc(N([O-])O)n1CCNC(=O)CCn1cc[nH]c1=[N+]([O-])[O-]. The number of rotatable bonds is 7. The number of hydrogen-bond donors (Lipinski definition) is 3. The molecular weight excluding hydrogens is 322 g/mol. The maximum atomic E-state index is 11.8. The molecule has 0 saturated heterocycles. The Kier molecular flexibility index (Phi) is 5.44. The van der Waals surface area contributed by atoms with Crippen molar-refractivity contribution in [3.8, 4) is 0 Å². The fourth-order valence-corrected chi connectivity index (χ4v) is 2.20. The summed E-state index contributed by atoms with van der Waals surface area (Å²) in [5.41, 5.74) is -0.194. The molecule has 0 spiro atoms. The van der Waals surface area contributed by atoms with E-state index < -0.39 is 4.90 Å². The molecule has 2 aromatic heterocycles. The topological polar surface area (TPSA) is 163 Å². The van der Waals surface area contributed by atoms with Crippen LogP contribution >= 0.6 is 0 Å². The fourth-order valence-electron chi connectivity index (χ4n) is 2.20. The number of carbonyl (C=O) groups excluding carboxylic acids is 1. The molecule has 0 unspecified atom stereocenters. The number of aromatic amines is 1. The highest BCUT2D eigenvalue weighted by Gasteiger charge is 2.09. The van der Waals surface area contributed by atoms with Crippen LogP contribution in [0.25, 0.3) is 0 Å². The molecule has 3 N–H and O–H groups in total. The lowest BCUT2D eigenvalue weighted by molar-refractivity contribution is -0.121. The van der Waals surface area contributed by atoms with E-state index in [1.165, 1.54) is 27.7 Å². The van der Waals surface area contributed by atoms with Gasteiger partial charge < -0.3 is 30.7 Å². The number of aryl methyl sites for hydroxylation is 2. The van der Waals surface area contributed by atoms with E-state index in [-0.39, 0.29) is 48.6 Å². The predicted octanol–water partition coefficient (Wildman–Crippen LogP) is -1.01. The van der Waals surface area contributed by atoms with E-state index in [2.05, 4.69) is 15.3 Å². The Bertz CT molecular complexity index is 756. The summed E-state index contributed by atoms with van der Waals surface area (Å²) in [6.07, 6.45) is 4.19. The molecule has 2 rings (SSSR count). The van der Waals surface area contributed by atoms with Gasteiger partial charge in [-0.2, -0.15) is 0 Å². The van der Waals surface area contributed by atoms with Crippen molar-refractivity contribution in [2.75, 3.05) is 11.8 Å². The first-order valence-corrected chi connectivity index (χ1v) is 7.06. The van der Waals surface area contributed by atoms with Gasteiger partial charge in [0.05, 0.1) is 31.6 Å². The van der Waals surface area contributed by atoms with Crippen LogP contribution in [0.3, 0.4) is 0 Å². The van der Waals surface area contributed by atoms with Crippen LogP contribution in [0.5, 0.6) is 0 Å². The number of amides is 1. The minimum atomic E-state index is -0.565. The predicted molar refractivity (Wildman–Crippen MR) is 83.0 cm³/mol. The quantitative estimate of drug-likeness (QED) is 0.544. The van der Waals surface area contributed by atoms with E-state index in [1.807, 2.05) is 0 Å². The molecular formula is C12H17N7O5-2. The molecule has 132 valence electrons. The summed E-state index contributed by atoms with van der Waals surface area (Å²) in [6.45, 7) is 2.29. The van der Waals surface area contributed by atoms with Crippen LogP contribution in [0.4, 0.5) is 5.82 Å². The highest BCUT2D eigenvalue weighted by molar-refractivity contribution is 5.75. The Morgan fingerprint density at radius 3 is 2.92 bits per heavy atom. The number of nitrogens with one attached hydrogen (secondary N) is 2. The van der Waals surface area contributed by atoms with Gasteiger partial charge in [-0.3, -0.25) is 14.9 Å².